The minimum atomic E-state index is -0.318. The molecule has 0 unspecified atom stereocenters. The number of fused-ring (bicyclic) bond motifs is 1. The smallest absolute Gasteiger partial charge is 0.338 e. The summed E-state index contributed by atoms with van der Waals surface area (Å²) < 4.78 is 12.2. The first kappa shape index (κ1) is 21.2. The molecule has 0 atom stereocenters. The summed E-state index contributed by atoms with van der Waals surface area (Å²) in [5.41, 5.74) is 4.92. The molecule has 2 aromatic rings. The highest BCUT2D eigenvalue weighted by Crippen LogP contribution is 2.40. The van der Waals surface area contributed by atoms with Crippen LogP contribution < -0.4 is 28.7 Å². The Labute approximate surface area is 177 Å². The number of methoxy groups -OCH3 is 2. The average Bonchev–Trinajstić information content (AvgIpc) is 2.85. The molecule has 0 fully saturated rings. The van der Waals surface area contributed by atoms with Crippen LogP contribution in [0.1, 0.15) is 35.3 Å². The molecule has 0 radical (unpaired) electrons. The number of benzene rings is 2. The van der Waals surface area contributed by atoms with E-state index in [1.54, 1.807) is 7.11 Å². The average molecular weight is 477 g/mol. The summed E-state index contributed by atoms with van der Waals surface area (Å²) >= 11 is 0. The Morgan fingerprint density at radius 2 is 1.70 bits per heavy atom. The van der Waals surface area contributed by atoms with Crippen molar-refractivity contribution in [3.63, 3.8) is 0 Å². The van der Waals surface area contributed by atoms with Crippen LogP contribution in [0.3, 0.4) is 0 Å². The van der Waals surface area contributed by atoms with Crippen LogP contribution in [0, 0.1) is 0 Å². The van der Waals surface area contributed by atoms with Gasteiger partial charge in [-0.1, -0.05) is 18.2 Å². The molecule has 2 aromatic carbocycles. The molecule has 1 heterocycles. The Balaban J connectivity index is 0.00000261. The fourth-order valence-electron chi connectivity index (χ4n) is 3.48. The monoisotopic (exact) mass is 477 g/mol. The third kappa shape index (κ3) is 3.93. The maximum atomic E-state index is 11.9. The van der Waals surface area contributed by atoms with E-state index in [0.29, 0.717) is 5.56 Å². The number of hydrogen-bond donors (Lipinski definition) is 0. The van der Waals surface area contributed by atoms with E-state index in [9.17, 15) is 4.79 Å². The molecule has 0 N–H and O–H groups in total. The van der Waals surface area contributed by atoms with Crippen LogP contribution in [0.15, 0.2) is 48.5 Å². The van der Waals surface area contributed by atoms with Crippen molar-refractivity contribution >= 4 is 23.4 Å². The van der Waals surface area contributed by atoms with E-state index in [2.05, 4.69) is 30.6 Å². The molecule has 0 aliphatic carbocycles. The summed E-state index contributed by atoms with van der Waals surface area (Å²) in [5.74, 6) is 0.525. The second-order valence-electron chi connectivity index (χ2n) is 6.90. The van der Waals surface area contributed by atoms with Crippen LogP contribution in [-0.4, -0.2) is 37.5 Å². The highest BCUT2D eigenvalue weighted by atomic mass is 127. The zero-order valence-corrected chi connectivity index (χ0v) is 18.4. The first-order valence-corrected chi connectivity index (χ1v) is 8.54. The van der Waals surface area contributed by atoms with E-state index >= 15 is 0 Å². The van der Waals surface area contributed by atoms with E-state index < -0.39 is 0 Å². The Morgan fingerprint density at radius 3 is 2.30 bits per heavy atom. The lowest BCUT2D eigenvalue weighted by atomic mass is 9.81. The fraction of sp³-hybridized carbons (Fsp3) is 0.273. The van der Waals surface area contributed by atoms with Gasteiger partial charge in [-0.2, -0.15) is 4.58 Å². The number of hydrogen-bond acceptors (Lipinski definition) is 3. The van der Waals surface area contributed by atoms with Gasteiger partial charge in [-0.05, 0) is 43.7 Å². The van der Waals surface area contributed by atoms with Gasteiger partial charge in [0.25, 0.3) is 0 Å². The molecular weight excluding hydrogens is 453 g/mol. The minimum absolute atomic E-state index is 0. The first-order chi connectivity index (χ1) is 12.4. The molecule has 0 saturated carbocycles. The number of nitrogens with zero attached hydrogens (tertiary/aromatic N) is 1. The summed E-state index contributed by atoms with van der Waals surface area (Å²) in [7, 11) is 5.09. The van der Waals surface area contributed by atoms with E-state index in [1.807, 2.05) is 49.5 Å². The minimum Gasteiger partial charge on any atom is -1.00 e. The summed E-state index contributed by atoms with van der Waals surface area (Å²) in [6.45, 7) is 4.39. The largest absolute Gasteiger partial charge is 1.00 e. The van der Waals surface area contributed by atoms with Crippen molar-refractivity contribution in [1.29, 1.82) is 0 Å². The van der Waals surface area contributed by atoms with Crippen molar-refractivity contribution in [2.75, 3.05) is 21.3 Å². The number of carbonyl (C=O) groups excluding carboxylic acids is 1. The summed E-state index contributed by atoms with van der Waals surface area (Å²) in [4.78, 5) is 11.9. The highest BCUT2D eigenvalue weighted by Gasteiger charge is 2.43. The van der Waals surface area contributed by atoms with Gasteiger partial charge in [-0.15, -0.1) is 0 Å². The summed E-state index contributed by atoms with van der Waals surface area (Å²) in [6.07, 6.45) is 4.24. The quantitative estimate of drug-likeness (QED) is 0.378. The van der Waals surface area contributed by atoms with Gasteiger partial charge >= 0.3 is 5.97 Å². The number of ether oxygens (including phenoxy) is 2. The summed E-state index contributed by atoms with van der Waals surface area (Å²) in [5, 5.41) is 0. The molecule has 0 spiro atoms. The van der Waals surface area contributed by atoms with Gasteiger partial charge in [0, 0.05) is 17.7 Å². The third-order valence-corrected chi connectivity index (χ3v) is 5.00. The second kappa shape index (κ2) is 8.25. The van der Waals surface area contributed by atoms with Gasteiger partial charge in [-0.3, -0.25) is 0 Å². The van der Waals surface area contributed by atoms with Crippen molar-refractivity contribution in [2.24, 2.45) is 0 Å². The zero-order chi connectivity index (χ0) is 18.9. The van der Waals surface area contributed by atoms with Gasteiger partial charge in [0.05, 0.1) is 25.2 Å². The Bertz CT molecular complexity index is 912. The zero-order valence-electron chi connectivity index (χ0n) is 16.2. The van der Waals surface area contributed by atoms with Crippen LogP contribution in [0.25, 0.3) is 6.08 Å². The SMILES string of the molecule is COC(=O)c1ccc2c(c1)[N+](C)=C(C=Cc1ccc(OC)cc1)C2(C)C.[I-]. The molecule has 0 amide bonds. The Morgan fingerprint density at radius 1 is 1.04 bits per heavy atom. The molecular formula is C22H24INO3. The van der Waals surface area contributed by atoms with Crippen LogP contribution >= 0.6 is 0 Å². The molecule has 1 aliphatic rings. The van der Waals surface area contributed by atoms with Crippen LogP contribution in [0.2, 0.25) is 0 Å². The number of carbonyl (C=O) groups is 1. The van der Waals surface area contributed by atoms with Crippen molar-refractivity contribution in [1.82, 2.24) is 0 Å². The normalized spacial score (nSPS) is 14.7. The lowest BCUT2D eigenvalue weighted by molar-refractivity contribution is -0.401. The Kier molecular flexibility index (Phi) is 6.46. The predicted octanol–water partition coefficient (Wildman–Crippen LogP) is 1.21. The molecule has 1 aliphatic heterocycles. The number of esters is 1. The van der Waals surface area contributed by atoms with Gasteiger partial charge in [0.1, 0.15) is 12.8 Å². The Hall–Kier alpha value is -2.15. The number of allylic oxidation sites excluding steroid dienone is 1. The first-order valence-electron chi connectivity index (χ1n) is 8.54. The second-order valence-corrected chi connectivity index (χ2v) is 6.90. The van der Waals surface area contributed by atoms with Crippen molar-refractivity contribution < 1.29 is 42.8 Å². The summed E-state index contributed by atoms with van der Waals surface area (Å²) in [6, 6.07) is 13.7. The van der Waals surface area contributed by atoms with Crippen LogP contribution in [-0.2, 0) is 10.2 Å². The van der Waals surface area contributed by atoms with Gasteiger partial charge in [0.2, 0.25) is 5.69 Å². The van der Waals surface area contributed by atoms with Crippen LogP contribution in [0.4, 0.5) is 5.69 Å². The van der Waals surface area contributed by atoms with Crippen molar-refractivity contribution in [2.45, 2.75) is 19.3 Å². The van der Waals surface area contributed by atoms with Gasteiger partial charge < -0.3 is 33.5 Å². The maximum absolute atomic E-state index is 11.9. The van der Waals surface area contributed by atoms with E-state index in [1.165, 1.54) is 18.4 Å². The highest BCUT2D eigenvalue weighted by molar-refractivity contribution is 6.05. The molecule has 3 rings (SSSR count). The van der Waals surface area contributed by atoms with Crippen LogP contribution in [0.5, 0.6) is 5.75 Å². The molecule has 0 bridgehead atoms. The predicted molar refractivity (Wildman–Crippen MR) is 104 cm³/mol. The maximum Gasteiger partial charge on any atom is 0.338 e. The fourth-order valence-corrected chi connectivity index (χ4v) is 3.48. The number of halogens is 1. The molecule has 5 heteroatoms. The molecule has 142 valence electrons. The van der Waals surface area contributed by atoms with Gasteiger partial charge in [-0.25, -0.2) is 4.79 Å². The van der Waals surface area contributed by atoms with E-state index in [4.69, 9.17) is 9.47 Å². The van der Waals surface area contributed by atoms with Crippen molar-refractivity contribution in [3.05, 3.63) is 65.2 Å². The molecule has 4 nitrogen and oxygen atoms in total. The van der Waals surface area contributed by atoms with Crippen molar-refractivity contribution in [3.8, 4) is 5.75 Å². The standard InChI is InChI=1S/C22H24NO3.HI/c1-22(2)18-12-9-16(21(24)26-5)14-19(18)23(3)20(22)13-8-15-6-10-17(25-4)11-7-15;/h6-14H,1-5H3;1H/q+1;/p-1. The topological polar surface area (TPSA) is 38.5 Å². The molecule has 0 saturated heterocycles. The molecule has 0 aromatic heterocycles. The molecule has 27 heavy (non-hydrogen) atoms. The van der Waals surface area contributed by atoms with E-state index in [-0.39, 0.29) is 35.4 Å². The lowest BCUT2D eigenvalue weighted by Gasteiger charge is -2.15. The third-order valence-electron chi connectivity index (χ3n) is 5.00. The van der Waals surface area contributed by atoms with E-state index in [0.717, 1.165) is 17.0 Å². The van der Waals surface area contributed by atoms with Gasteiger partial charge in [0.15, 0.2) is 5.71 Å². The number of rotatable bonds is 4. The lowest BCUT2D eigenvalue weighted by Crippen LogP contribution is -3.00.